The van der Waals surface area contributed by atoms with Crippen molar-refractivity contribution in [1.29, 1.82) is 0 Å². The predicted octanol–water partition coefficient (Wildman–Crippen LogP) is 2.89. The third-order valence-corrected chi connectivity index (χ3v) is 4.25. The van der Waals surface area contributed by atoms with Gasteiger partial charge in [-0.25, -0.2) is 4.79 Å². The summed E-state index contributed by atoms with van der Waals surface area (Å²) >= 11 is 0. The van der Waals surface area contributed by atoms with Gasteiger partial charge in [-0.15, -0.1) is 0 Å². The third kappa shape index (κ3) is 3.62. The Kier molecular flexibility index (Phi) is 5.89. The van der Waals surface area contributed by atoms with Gasteiger partial charge in [0.2, 0.25) is 0 Å². The number of carboxylic acids is 1. The zero-order valence-electron chi connectivity index (χ0n) is 12.6. The van der Waals surface area contributed by atoms with Gasteiger partial charge in [-0.3, -0.25) is 4.98 Å². The Hall–Kier alpha value is -1.30. The first kappa shape index (κ1) is 18.0. The summed E-state index contributed by atoms with van der Waals surface area (Å²) in [6.45, 7) is 1.66. The van der Waals surface area contributed by atoms with Gasteiger partial charge in [0.1, 0.15) is 11.3 Å². The molecule has 3 rings (SSSR count). The van der Waals surface area contributed by atoms with Crippen molar-refractivity contribution in [3.05, 3.63) is 29.5 Å². The number of carbonyl (C=O) groups is 1. The van der Waals surface area contributed by atoms with Gasteiger partial charge in [0.15, 0.2) is 0 Å². The van der Waals surface area contributed by atoms with Crippen LogP contribution in [0.15, 0.2) is 18.2 Å². The molecule has 1 fully saturated rings. The van der Waals surface area contributed by atoms with Crippen LogP contribution in [-0.4, -0.2) is 51.7 Å². The summed E-state index contributed by atoms with van der Waals surface area (Å²) in [5.41, 5.74) is 7.52. The Bertz CT molecular complexity index is 727. The van der Waals surface area contributed by atoms with Crippen molar-refractivity contribution in [2.75, 3.05) is 5.73 Å². The number of rotatable bonds is 3. The molecule has 0 radical (unpaired) electrons. The van der Waals surface area contributed by atoms with Crippen LogP contribution in [0.2, 0.25) is 0 Å². The number of nitrogens with two attached hydrogens (primary N) is 1. The summed E-state index contributed by atoms with van der Waals surface area (Å²) < 4.78 is 6.11. The number of pyridine rings is 1. The molecule has 5 nitrogen and oxygen atoms in total. The van der Waals surface area contributed by atoms with E-state index in [2.05, 4.69) is 4.98 Å². The normalized spacial score (nSPS) is 15.2. The van der Waals surface area contributed by atoms with Gasteiger partial charge in [0.05, 0.1) is 28.4 Å². The van der Waals surface area contributed by atoms with Crippen LogP contribution in [0, 0.1) is 6.92 Å². The van der Waals surface area contributed by atoms with Gasteiger partial charge in [-0.1, -0.05) is 12.5 Å². The standard InChI is InChI=1S/C17H20N2O3.Na.H/c1-10-14(17(20)21)16(18)15-12(19-10)8-5-9-13(15)22-11-6-3-2-4-7-11;;/h5,8-9,11H,2-4,6-7H2,1H3,(H2,18,19)(H,20,21);;. The van der Waals surface area contributed by atoms with Gasteiger partial charge >= 0.3 is 35.5 Å². The summed E-state index contributed by atoms with van der Waals surface area (Å²) in [6.07, 6.45) is 5.82. The fourth-order valence-corrected chi connectivity index (χ4v) is 3.17. The van der Waals surface area contributed by atoms with E-state index >= 15 is 0 Å². The fraction of sp³-hybridized carbons (Fsp3) is 0.412. The summed E-state index contributed by atoms with van der Waals surface area (Å²) in [5.74, 6) is -0.422. The van der Waals surface area contributed by atoms with Gasteiger partial charge in [-0.2, -0.15) is 0 Å². The second-order valence-electron chi connectivity index (χ2n) is 5.82. The number of carboxylic acid groups (broad SMARTS) is 1. The Morgan fingerprint density at radius 1 is 1.30 bits per heavy atom. The molecular weight excluding hydrogens is 303 g/mol. The number of benzene rings is 1. The van der Waals surface area contributed by atoms with Crippen LogP contribution in [0.5, 0.6) is 5.75 Å². The van der Waals surface area contributed by atoms with E-state index in [1.165, 1.54) is 19.3 Å². The average molecular weight is 324 g/mol. The number of aromatic nitrogens is 1. The molecule has 0 aliphatic heterocycles. The molecule has 0 bridgehead atoms. The predicted molar refractivity (Wildman–Crippen MR) is 92.5 cm³/mol. The number of hydrogen-bond donors (Lipinski definition) is 2. The maximum absolute atomic E-state index is 11.4. The van der Waals surface area contributed by atoms with Crippen molar-refractivity contribution >= 4 is 52.1 Å². The Balaban J connectivity index is 0.00000192. The molecule has 0 atom stereocenters. The topological polar surface area (TPSA) is 85.4 Å². The summed E-state index contributed by atoms with van der Waals surface area (Å²) in [5, 5.41) is 9.96. The van der Waals surface area contributed by atoms with E-state index in [0.717, 1.165) is 12.8 Å². The van der Waals surface area contributed by atoms with Crippen molar-refractivity contribution in [3.8, 4) is 5.75 Å². The first-order chi connectivity index (χ1) is 10.6. The number of aryl methyl sites for hydroxylation is 1. The molecule has 23 heavy (non-hydrogen) atoms. The van der Waals surface area contributed by atoms with Crippen LogP contribution in [-0.2, 0) is 0 Å². The number of anilines is 1. The quantitative estimate of drug-likeness (QED) is 0.848. The van der Waals surface area contributed by atoms with E-state index in [1.807, 2.05) is 18.2 Å². The zero-order chi connectivity index (χ0) is 15.7. The van der Waals surface area contributed by atoms with Gasteiger partial charge < -0.3 is 15.6 Å². The van der Waals surface area contributed by atoms with E-state index in [0.29, 0.717) is 22.3 Å². The Labute approximate surface area is 157 Å². The molecule has 6 heteroatoms. The molecule has 1 saturated carbocycles. The Morgan fingerprint density at radius 2 is 2.00 bits per heavy atom. The second-order valence-corrected chi connectivity index (χ2v) is 5.82. The third-order valence-electron chi connectivity index (χ3n) is 4.25. The number of nitrogens with zero attached hydrogens (tertiary/aromatic N) is 1. The monoisotopic (exact) mass is 324 g/mol. The number of hydrogen-bond acceptors (Lipinski definition) is 4. The van der Waals surface area contributed by atoms with Crippen LogP contribution in [0.25, 0.3) is 10.9 Å². The molecule has 1 heterocycles. The van der Waals surface area contributed by atoms with Crippen LogP contribution in [0.3, 0.4) is 0 Å². The molecule has 3 N–H and O–H groups in total. The summed E-state index contributed by atoms with van der Waals surface area (Å²) in [6, 6.07) is 5.54. The van der Waals surface area contributed by atoms with Crippen molar-refractivity contribution in [3.63, 3.8) is 0 Å². The average Bonchev–Trinajstić information content (AvgIpc) is 2.47. The number of fused-ring (bicyclic) bond motifs is 1. The molecule has 1 aromatic heterocycles. The molecule has 1 aliphatic rings. The van der Waals surface area contributed by atoms with Crippen LogP contribution >= 0.6 is 0 Å². The molecule has 0 unspecified atom stereocenters. The van der Waals surface area contributed by atoms with E-state index < -0.39 is 5.97 Å². The first-order valence-corrected chi connectivity index (χ1v) is 7.66. The van der Waals surface area contributed by atoms with Crippen LogP contribution in [0.1, 0.15) is 48.2 Å². The fourth-order valence-electron chi connectivity index (χ4n) is 3.17. The molecule has 1 aromatic carbocycles. The van der Waals surface area contributed by atoms with E-state index in [-0.39, 0.29) is 46.9 Å². The minimum atomic E-state index is -1.06. The van der Waals surface area contributed by atoms with Crippen molar-refractivity contribution in [1.82, 2.24) is 4.98 Å². The van der Waals surface area contributed by atoms with Crippen molar-refractivity contribution in [2.24, 2.45) is 0 Å². The second kappa shape index (κ2) is 7.51. The molecule has 118 valence electrons. The van der Waals surface area contributed by atoms with E-state index in [4.69, 9.17) is 10.5 Å². The molecule has 2 aromatic rings. The van der Waals surface area contributed by atoms with Crippen molar-refractivity contribution < 1.29 is 14.6 Å². The molecule has 0 spiro atoms. The van der Waals surface area contributed by atoms with Gasteiger partial charge in [0.25, 0.3) is 0 Å². The number of ether oxygens (including phenoxy) is 1. The first-order valence-electron chi connectivity index (χ1n) is 7.66. The van der Waals surface area contributed by atoms with Gasteiger partial charge in [0, 0.05) is 0 Å². The van der Waals surface area contributed by atoms with Crippen LogP contribution < -0.4 is 10.5 Å². The zero-order valence-corrected chi connectivity index (χ0v) is 12.6. The molecular formula is C17H21N2NaO3. The molecule has 0 amide bonds. The summed E-state index contributed by atoms with van der Waals surface area (Å²) in [4.78, 5) is 15.8. The maximum atomic E-state index is 11.4. The van der Waals surface area contributed by atoms with E-state index in [9.17, 15) is 9.90 Å². The summed E-state index contributed by atoms with van der Waals surface area (Å²) in [7, 11) is 0. The number of nitrogen functional groups attached to an aromatic ring is 1. The molecule has 0 saturated heterocycles. The van der Waals surface area contributed by atoms with Crippen molar-refractivity contribution in [2.45, 2.75) is 45.1 Å². The van der Waals surface area contributed by atoms with E-state index in [1.54, 1.807) is 6.92 Å². The van der Waals surface area contributed by atoms with Gasteiger partial charge in [-0.05, 0) is 44.7 Å². The van der Waals surface area contributed by atoms with Crippen LogP contribution in [0.4, 0.5) is 5.69 Å². The number of aromatic carboxylic acids is 1. The molecule has 1 aliphatic carbocycles. The Morgan fingerprint density at radius 3 is 2.65 bits per heavy atom. The SMILES string of the molecule is Cc1nc2cccc(OC3CCCCC3)c2c(N)c1C(=O)O.[NaH]. The minimum absolute atomic E-state index is 0.